The van der Waals surface area contributed by atoms with Gasteiger partial charge >= 0.3 is 0 Å². The Labute approximate surface area is 150 Å². The highest BCUT2D eigenvalue weighted by Gasteiger charge is 2.21. The molecule has 0 aliphatic heterocycles. The molecule has 0 N–H and O–H groups in total. The zero-order valence-corrected chi connectivity index (χ0v) is 15.8. The van der Waals surface area contributed by atoms with Crippen molar-refractivity contribution in [3.8, 4) is 11.3 Å². The summed E-state index contributed by atoms with van der Waals surface area (Å²) in [6, 6.07) is 11.4. The van der Waals surface area contributed by atoms with Gasteiger partial charge in [-0.05, 0) is 68.4 Å². The SMILES string of the molecule is Cc1cc(C)c(C)c(-c2cnc3cc(C4CCCC4)ccc3[n+]2C)c1. The highest BCUT2D eigenvalue weighted by atomic mass is 15.0. The molecule has 3 aromatic rings. The summed E-state index contributed by atoms with van der Waals surface area (Å²) in [6.45, 7) is 6.56. The molecule has 0 radical (unpaired) electrons. The molecule has 2 nitrogen and oxygen atoms in total. The maximum absolute atomic E-state index is 4.83. The first-order valence-corrected chi connectivity index (χ1v) is 9.41. The van der Waals surface area contributed by atoms with Crippen LogP contribution < -0.4 is 4.57 Å². The predicted octanol–water partition coefficient (Wildman–Crippen LogP) is 5.31. The first-order chi connectivity index (χ1) is 12.0. The molecule has 0 amide bonds. The summed E-state index contributed by atoms with van der Waals surface area (Å²) in [7, 11) is 2.16. The highest BCUT2D eigenvalue weighted by Crippen LogP contribution is 2.35. The molecule has 4 rings (SSSR count). The number of nitrogens with zero attached hydrogens (tertiary/aromatic N) is 2. The zero-order valence-electron chi connectivity index (χ0n) is 15.8. The molecule has 2 aromatic carbocycles. The Morgan fingerprint density at radius 1 is 1.00 bits per heavy atom. The van der Waals surface area contributed by atoms with E-state index >= 15 is 0 Å². The van der Waals surface area contributed by atoms with Crippen LogP contribution in [0.2, 0.25) is 0 Å². The third-order valence-electron chi connectivity index (χ3n) is 5.96. The first-order valence-electron chi connectivity index (χ1n) is 9.41. The standard InChI is InChI=1S/C23H27N2/c1-15-11-16(2)17(3)20(12-15)23-14-24-21-13-19(18-7-5-6-8-18)9-10-22(21)25(23)4/h9-14,18H,5-8H2,1-4H3/q+1. The lowest BCUT2D eigenvalue weighted by Crippen LogP contribution is -2.32. The van der Waals surface area contributed by atoms with E-state index in [4.69, 9.17) is 4.98 Å². The van der Waals surface area contributed by atoms with Crippen molar-refractivity contribution in [2.75, 3.05) is 0 Å². The normalized spacial score (nSPS) is 15.2. The molecule has 1 saturated carbocycles. The van der Waals surface area contributed by atoms with Crippen molar-refractivity contribution in [3.63, 3.8) is 0 Å². The first kappa shape index (κ1) is 16.3. The molecule has 2 heteroatoms. The minimum Gasteiger partial charge on any atom is -0.243 e. The van der Waals surface area contributed by atoms with E-state index in [2.05, 4.69) is 62.7 Å². The van der Waals surface area contributed by atoms with Gasteiger partial charge in [-0.1, -0.05) is 30.5 Å². The van der Waals surface area contributed by atoms with Gasteiger partial charge in [-0.15, -0.1) is 0 Å². The topological polar surface area (TPSA) is 16.8 Å². The van der Waals surface area contributed by atoms with Gasteiger partial charge in [0, 0.05) is 6.07 Å². The fourth-order valence-corrected chi connectivity index (χ4v) is 4.34. The van der Waals surface area contributed by atoms with Crippen LogP contribution >= 0.6 is 0 Å². The van der Waals surface area contributed by atoms with Crippen LogP contribution in [0.4, 0.5) is 0 Å². The Morgan fingerprint density at radius 3 is 2.52 bits per heavy atom. The second-order valence-corrected chi connectivity index (χ2v) is 7.69. The molecular formula is C23H27N2+. The van der Waals surface area contributed by atoms with E-state index in [9.17, 15) is 0 Å². The van der Waals surface area contributed by atoms with Crippen LogP contribution in [0, 0.1) is 20.8 Å². The van der Waals surface area contributed by atoms with Gasteiger partial charge in [0.15, 0.2) is 0 Å². The molecule has 1 heterocycles. The molecule has 25 heavy (non-hydrogen) atoms. The van der Waals surface area contributed by atoms with Crippen LogP contribution in [0.3, 0.4) is 0 Å². The molecule has 1 fully saturated rings. The van der Waals surface area contributed by atoms with Gasteiger partial charge in [-0.2, -0.15) is 4.57 Å². The maximum Gasteiger partial charge on any atom is 0.231 e. The second-order valence-electron chi connectivity index (χ2n) is 7.69. The van der Waals surface area contributed by atoms with Gasteiger partial charge in [-0.3, -0.25) is 0 Å². The molecule has 0 atom stereocenters. The summed E-state index contributed by atoms with van der Waals surface area (Å²) < 4.78 is 2.29. The van der Waals surface area contributed by atoms with E-state index in [0.29, 0.717) is 0 Å². The zero-order chi connectivity index (χ0) is 17.6. The van der Waals surface area contributed by atoms with E-state index in [1.165, 1.54) is 64.7 Å². The maximum atomic E-state index is 4.83. The average Bonchev–Trinajstić information content (AvgIpc) is 3.13. The van der Waals surface area contributed by atoms with E-state index in [-0.39, 0.29) is 0 Å². The molecular weight excluding hydrogens is 304 g/mol. The summed E-state index contributed by atoms with van der Waals surface area (Å²) in [5.41, 5.74) is 10.2. The summed E-state index contributed by atoms with van der Waals surface area (Å²) in [5, 5.41) is 0. The molecule has 1 aliphatic rings. The third-order valence-corrected chi connectivity index (χ3v) is 5.96. The van der Waals surface area contributed by atoms with Crippen molar-refractivity contribution < 1.29 is 4.57 Å². The summed E-state index contributed by atoms with van der Waals surface area (Å²) in [6.07, 6.45) is 7.45. The van der Waals surface area contributed by atoms with Gasteiger partial charge in [0.25, 0.3) is 0 Å². The smallest absolute Gasteiger partial charge is 0.231 e. The predicted molar refractivity (Wildman–Crippen MR) is 104 cm³/mol. The van der Waals surface area contributed by atoms with E-state index in [1.807, 2.05) is 6.20 Å². The Kier molecular flexibility index (Phi) is 4.07. The number of hydrogen-bond donors (Lipinski definition) is 0. The Hall–Kier alpha value is -2.22. The van der Waals surface area contributed by atoms with Crippen molar-refractivity contribution in [3.05, 3.63) is 58.8 Å². The quantitative estimate of drug-likeness (QED) is 0.582. The van der Waals surface area contributed by atoms with Crippen molar-refractivity contribution >= 4 is 11.0 Å². The summed E-state index contributed by atoms with van der Waals surface area (Å²) in [4.78, 5) is 4.83. The Balaban J connectivity index is 1.85. The van der Waals surface area contributed by atoms with Gasteiger partial charge in [0.1, 0.15) is 18.8 Å². The monoisotopic (exact) mass is 331 g/mol. The number of hydrogen-bond acceptors (Lipinski definition) is 1. The molecule has 0 spiro atoms. The summed E-state index contributed by atoms with van der Waals surface area (Å²) >= 11 is 0. The number of rotatable bonds is 2. The lowest BCUT2D eigenvalue weighted by Gasteiger charge is -2.12. The largest absolute Gasteiger partial charge is 0.243 e. The molecule has 128 valence electrons. The fourth-order valence-electron chi connectivity index (χ4n) is 4.34. The lowest BCUT2D eigenvalue weighted by atomic mass is 9.96. The Bertz CT molecular complexity index is 950. The van der Waals surface area contributed by atoms with E-state index < -0.39 is 0 Å². The second kappa shape index (κ2) is 6.25. The van der Waals surface area contributed by atoms with Gasteiger partial charge in [0.05, 0.1) is 5.56 Å². The number of fused-ring (bicyclic) bond motifs is 1. The van der Waals surface area contributed by atoms with Crippen molar-refractivity contribution in [2.24, 2.45) is 7.05 Å². The fraction of sp³-hybridized carbons (Fsp3) is 0.391. The van der Waals surface area contributed by atoms with Crippen molar-refractivity contribution in [1.29, 1.82) is 0 Å². The van der Waals surface area contributed by atoms with Gasteiger partial charge in [0.2, 0.25) is 11.2 Å². The molecule has 0 bridgehead atoms. The molecule has 0 unspecified atom stereocenters. The highest BCUT2D eigenvalue weighted by molar-refractivity contribution is 5.74. The van der Waals surface area contributed by atoms with Crippen molar-refractivity contribution in [1.82, 2.24) is 4.98 Å². The average molecular weight is 331 g/mol. The van der Waals surface area contributed by atoms with Crippen LogP contribution in [-0.2, 0) is 7.05 Å². The van der Waals surface area contributed by atoms with Crippen LogP contribution in [0.15, 0.2) is 36.5 Å². The summed E-state index contributed by atoms with van der Waals surface area (Å²) in [5.74, 6) is 0.734. The minimum atomic E-state index is 0.734. The lowest BCUT2D eigenvalue weighted by molar-refractivity contribution is -0.634. The van der Waals surface area contributed by atoms with Crippen LogP contribution in [0.5, 0.6) is 0 Å². The van der Waals surface area contributed by atoms with Crippen LogP contribution in [0.25, 0.3) is 22.3 Å². The molecule has 0 saturated heterocycles. The number of benzene rings is 2. The van der Waals surface area contributed by atoms with Crippen molar-refractivity contribution in [2.45, 2.75) is 52.4 Å². The van der Waals surface area contributed by atoms with E-state index in [0.717, 1.165) is 11.4 Å². The van der Waals surface area contributed by atoms with Gasteiger partial charge < -0.3 is 0 Å². The minimum absolute atomic E-state index is 0.734. The Morgan fingerprint density at radius 2 is 1.76 bits per heavy atom. The molecule has 1 aromatic heterocycles. The van der Waals surface area contributed by atoms with Gasteiger partial charge in [-0.25, -0.2) is 4.98 Å². The number of aromatic nitrogens is 2. The van der Waals surface area contributed by atoms with E-state index in [1.54, 1.807) is 0 Å². The molecule has 1 aliphatic carbocycles. The van der Waals surface area contributed by atoms with Crippen LogP contribution in [0.1, 0.15) is 53.9 Å². The number of aryl methyl sites for hydroxylation is 3. The van der Waals surface area contributed by atoms with Crippen LogP contribution in [-0.4, -0.2) is 4.98 Å². The third kappa shape index (κ3) is 2.84.